The van der Waals surface area contributed by atoms with Crippen LogP contribution in [0, 0.1) is 0 Å². The van der Waals surface area contributed by atoms with E-state index in [2.05, 4.69) is 29.6 Å². The second-order valence-electron chi connectivity index (χ2n) is 7.13. The summed E-state index contributed by atoms with van der Waals surface area (Å²) in [5.41, 5.74) is 2.01. The van der Waals surface area contributed by atoms with E-state index in [-0.39, 0.29) is 18.2 Å². The van der Waals surface area contributed by atoms with Gasteiger partial charge in [-0.3, -0.25) is 0 Å². The third-order valence-corrected chi connectivity index (χ3v) is 4.69. The van der Waals surface area contributed by atoms with Gasteiger partial charge in [-0.25, -0.2) is 4.79 Å². The van der Waals surface area contributed by atoms with E-state index in [4.69, 9.17) is 4.74 Å². The van der Waals surface area contributed by atoms with Gasteiger partial charge in [0, 0.05) is 12.6 Å². The molecule has 4 nitrogen and oxygen atoms in total. The molecule has 1 atom stereocenters. The van der Waals surface area contributed by atoms with E-state index >= 15 is 0 Å². The van der Waals surface area contributed by atoms with Crippen molar-refractivity contribution in [3.63, 3.8) is 0 Å². The fourth-order valence-electron chi connectivity index (χ4n) is 3.48. The topological polar surface area (TPSA) is 41.6 Å². The van der Waals surface area contributed by atoms with Gasteiger partial charge in [-0.15, -0.1) is 0 Å². The normalized spacial score (nSPS) is 17.2. The van der Waals surface area contributed by atoms with Crippen molar-refractivity contribution in [3.05, 3.63) is 60.2 Å². The third-order valence-electron chi connectivity index (χ3n) is 4.69. The maximum absolute atomic E-state index is 13.0. The number of likely N-dealkylation sites (tertiary alicyclic amines) is 1. The van der Waals surface area contributed by atoms with Gasteiger partial charge in [0.2, 0.25) is 0 Å². The third kappa shape index (κ3) is 4.78. The Morgan fingerprint density at radius 3 is 2.62 bits per heavy atom. The van der Waals surface area contributed by atoms with Crippen LogP contribution in [0.2, 0.25) is 0 Å². The number of amides is 2. The van der Waals surface area contributed by atoms with Crippen molar-refractivity contribution in [2.75, 3.05) is 11.9 Å². The standard InChI is InChI=1S/C22H28N2O2/c1-17(2)26-21-14-7-6-13-20(21)23-22(25)24-15-9-8-12-19(24)16-18-10-4-3-5-11-18/h3-7,10-11,13-14,17,19H,8-9,12,15-16H2,1-2H3,(H,23,25). The lowest BCUT2D eigenvalue weighted by Crippen LogP contribution is -2.47. The Morgan fingerprint density at radius 2 is 1.85 bits per heavy atom. The summed E-state index contributed by atoms with van der Waals surface area (Å²) in [6.07, 6.45) is 4.25. The van der Waals surface area contributed by atoms with Crippen LogP contribution in [0.4, 0.5) is 10.5 Å². The Morgan fingerprint density at radius 1 is 1.12 bits per heavy atom. The van der Waals surface area contributed by atoms with E-state index in [1.807, 2.05) is 49.1 Å². The average molecular weight is 352 g/mol. The Hall–Kier alpha value is -2.49. The maximum Gasteiger partial charge on any atom is 0.322 e. The molecule has 0 spiro atoms. The number of hydrogen-bond donors (Lipinski definition) is 1. The van der Waals surface area contributed by atoms with Crippen molar-refractivity contribution >= 4 is 11.7 Å². The van der Waals surface area contributed by atoms with Crippen molar-refractivity contribution in [1.82, 2.24) is 4.90 Å². The lowest BCUT2D eigenvalue weighted by Gasteiger charge is -2.36. The van der Waals surface area contributed by atoms with Crippen LogP contribution in [0.1, 0.15) is 38.7 Å². The Labute approximate surface area is 156 Å². The minimum Gasteiger partial charge on any atom is -0.489 e. The van der Waals surface area contributed by atoms with Gasteiger partial charge >= 0.3 is 6.03 Å². The van der Waals surface area contributed by atoms with Gasteiger partial charge in [-0.05, 0) is 57.2 Å². The second kappa shape index (κ2) is 8.75. The molecule has 3 rings (SSSR count). The molecule has 2 aromatic rings. The quantitative estimate of drug-likeness (QED) is 0.813. The lowest BCUT2D eigenvalue weighted by atomic mass is 9.96. The molecule has 1 unspecified atom stereocenters. The molecule has 0 radical (unpaired) electrons. The summed E-state index contributed by atoms with van der Waals surface area (Å²) in [4.78, 5) is 15.0. The predicted molar refractivity (Wildman–Crippen MR) is 106 cm³/mol. The van der Waals surface area contributed by atoms with Crippen molar-refractivity contribution in [3.8, 4) is 5.75 Å². The number of nitrogens with zero attached hydrogens (tertiary/aromatic N) is 1. The number of anilines is 1. The van der Waals surface area contributed by atoms with Gasteiger partial charge in [0.25, 0.3) is 0 Å². The van der Waals surface area contributed by atoms with Crippen LogP contribution in [-0.2, 0) is 6.42 Å². The molecule has 26 heavy (non-hydrogen) atoms. The van der Waals surface area contributed by atoms with Crippen molar-refractivity contribution in [1.29, 1.82) is 0 Å². The highest BCUT2D eigenvalue weighted by atomic mass is 16.5. The monoisotopic (exact) mass is 352 g/mol. The first kappa shape index (κ1) is 18.3. The smallest absolute Gasteiger partial charge is 0.322 e. The number of urea groups is 1. The average Bonchev–Trinajstić information content (AvgIpc) is 2.64. The number of carbonyl (C=O) groups is 1. The van der Waals surface area contributed by atoms with E-state index in [0.29, 0.717) is 5.75 Å². The zero-order valence-electron chi connectivity index (χ0n) is 15.7. The van der Waals surface area contributed by atoms with Crippen molar-refractivity contribution < 1.29 is 9.53 Å². The van der Waals surface area contributed by atoms with Gasteiger partial charge in [0.1, 0.15) is 5.75 Å². The van der Waals surface area contributed by atoms with Crippen LogP contribution in [0.5, 0.6) is 5.75 Å². The van der Waals surface area contributed by atoms with E-state index in [1.54, 1.807) is 0 Å². The molecule has 0 aromatic heterocycles. The summed E-state index contributed by atoms with van der Waals surface area (Å²) in [6, 6.07) is 18.2. The van der Waals surface area contributed by atoms with Gasteiger partial charge < -0.3 is 15.0 Å². The zero-order valence-corrected chi connectivity index (χ0v) is 15.7. The molecule has 2 aromatic carbocycles. The number of piperidine rings is 1. The van der Waals surface area contributed by atoms with E-state index in [0.717, 1.165) is 31.5 Å². The summed E-state index contributed by atoms with van der Waals surface area (Å²) in [6.45, 7) is 4.77. The number of ether oxygens (including phenoxy) is 1. The molecule has 0 aliphatic carbocycles. The number of para-hydroxylation sites is 2. The number of nitrogens with one attached hydrogen (secondary N) is 1. The number of benzene rings is 2. The Kier molecular flexibility index (Phi) is 6.16. The molecule has 1 N–H and O–H groups in total. The molecule has 1 aliphatic rings. The minimum atomic E-state index is -0.0366. The Balaban J connectivity index is 1.71. The van der Waals surface area contributed by atoms with Crippen LogP contribution in [0.25, 0.3) is 0 Å². The molecule has 1 saturated heterocycles. The number of carbonyl (C=O) groups excluding carboxylic acids is 1. The summed E-state index contributed by atoms with van der Waals surface area (Å²) in [7, 11) is 0. The van der Waals surface area contributed by atoms with Gasteiger partial charge in [0.15, 0.2) is 0 Å². The molecule has 0 bridgehead atoms. The first-order valence-electron chi connectivity index (χ1n) is 9.50. The molecule has 0 saturated carbocycles. The van der Waals surface area contributed by atoms with Gasteiger partial charge in [-0.2, -0.15) is 0 Å². The van der Waals surface area contributed by atoms with Crippen LogP contribution < -0.4 is 10.1 Å². The lowest BCUT2D eigenvalue weighted by molar-refractivity contribution is 0.162. The van der Waals surface area contributed by atoms with Crippen LogP contribution in [0.3, 0.4) is 0 Å². The van der Waals surface area contributed by atoms with Gasteiger partial charge in [0.05, 0.1) is 11.8 Å². The van der Waals surface area contributed by atoms with Crippen LogP contribution in [-0.4, -0.2) is 29.6 Å². The van der Waals surface area contributed by atoms with E-state index in [1.165, 1.54) is 12.0 Å². The van der Waals surface area contributed by atoms with Crippen LogP contribution in [0.15, 0.2) is 54.6 Å². The summed E-state index contributed by atoms with van der Waals surface area (Å²) >= 11 is 0. The summed E-state index contributed by atoms with van der Waals surface area (Å²) < 4.78 is 5.82. The summed E-state index contributed by atoms with van der Waals surface area (Å²) in [5, 5.41) is 3.06. The SMILES string of the molecule is CC(C)Oc1ccccc1NC(=O)N1CCCCC1Cc1ccccc1. The molecule has 2 amide bonds. The molecule has 1 fully saturated rings. The van der Waals surface area contributed by atoms with Gasteiger partial charge in [-0.1, -0.05) is 42.5 Å². The molecular weight excluding hydrogens is 324 g/mol. The molecule has 1 aliphatic heterocycles. The second-order valence-corrected chi connectivity index (χ2v) is 7.13. The highest BCUT2D eigenvalue weighted by molar-refractivity contribution is 5.91. The highest BCUT2D eigenvalue weighted by Gasteiger charge is 2.27. The van der Waals surface area contributed by atoms with Crippen LogP contribution >= 0.6 is 0 Å². The summed E-state index contributed by atoms with van der Waals surface area (Å²) in [5.74, 6) is 0.715. The fraction of sp³-hybridized carbons (Fsp3) is 0.409. The highest BCUT2D eigenvalue weighted by Crippen LogP contribution is 2.27. The number of rotatable bonds is 5. The number of hydrogen-bond acceptors (Lipinski definition) is 2. The Bertz CT molecular complexity index is 715. The predicted octanol–water partition coefficient (Wildman–Crippen LogP) is 5.10. The molecule has 1 heterocycles. The first-order valence-corrected chi connectivity index (χ1v) is 9.50. The fourth-order valence-corrected chi connectivity index (χ4v) is 3.48. The minimum absolute atomic E-state index is 0.0366. The van der Waals surface area contributed by atoms with E-state index < -0.39 is 0 Å². The molecular formula is C22H28N2O2. The first-order chi connectivity index (χ1) is 12.6. The van der Waals surface area contributed by atoms with Crippen molar-refractivity contribution in [2.45, 2.75) is 51.7 Å². The largest absolute Gasteiger partial charge is 0.489 e. The maximum atomic E-state index is 13.0. The molecule has 138 valence electrons. The molecule has 4 heteroatoms. The van der Waals surface area contributed by atoms with E-state index in [9.17, 15) is 4.79 Å². The van der Waals surface area contributed by atoms with Crippen molar-refractivity contribution in [2.24, 2.45) is 0 Å². The zero-order chi connectivity index (χ0) is 18.4.